The van der Waals surface area contributed by atoms with Crippen molar-refractivity contribution in [2.75, 3.05) is 13.2 Å². The van der Waals surface area contributed by atoms with Crippen molar-refractivity contribution in [2.24, 2.45) is 11.7 Å². The van der Waals surface area contributed by atoms with E-state index in [1.807, 2.05) is 13.8 Å². The zero-order chi connectivity index (χ0) is 22.7. The SMILES string of the molecule is CC(C)CC(NC(=O)CN)C(=O)NC(Cc1ccccc1)C(=O)NC(CO)C(=O)O. The minimum absolute atomic E-state index is 0.0750. The summed E-state index contributed by atoms with van der Waals surface area (Å²) in [6.45, 7) is 2.67. The van der Waals surface area contributed by atoms with E-state index in [4.69, 9.17) is 10.8 Å². The summed E-state index contributed by atoms with van der Waals surface area (Å²) < 4.78 is 0. The molecule has 0 aromatic heterocycles. The summed E-state index contributed by atoms with van der Waals surface area (Å²) in [6, 6.07) is 5.33. The Morgan fingerprint density at radius 3 is 2.00 bits per heavy atom. The first-order chi connectivity index (χ1) is 14.2. The van der Waals surface area contributed by atoms with Crippen molar-refractivity contribution in [2.45, 2.75) is 44.8 Å². The molecule has 166 valence electrons. The highest BCUT2D eigenvalue weighted by molar-refractivity contribution is 5.93. The molecule has 0 aliphatic rings. The van der Waals surface area contributed by atoms with Crippen LogP contribution in [0.25, 0.3) is 0 Å². The van der Waals surface area contributed by atoms with E-state index in [0.29, 0.717) is 6.42 Å². The van der Waals surface area contributed by atoms with E-state index < -0.39 is 48.4 Å². The predicted octanol–water partition coefficient (Wildman–Crippen LogP) is -1.23. The van der Waals surface area contributed by atoms with Crippen molar-refractivity contribution in [1.29, 1.82) is 0 Å². The van der Waals surface area contributed by atoms with Crippen LogP contribution in [0.1, 0.15) is 25.8 Å². The number of rotatable bonds is 12. The molecule has 30 heavy (non-hydrogen) atoms. The maximum absolute atomic E-state index is 12.8. The van der Waals surface area contributed by atoms with Gasteiger partial charge in [0.1, 0.15) is 18.1 Å². The fourth-order valence-corrected chi connectivity index (χ4v) is 2.75. The molecule has 0 saturated heterocycles. The van der Waals surface area contributed by atoms with Gasteiger partial charge in [0.15, 0.2) is 0 Å². The van der Waals surface area contributed by atoms with E-state index in [-0.39, 0.29) is 18.9 Å². The number of hydrogen-bond donors (Lipinski definition) is 6. The number of carboxylic acids is 1. The molecule has 0 bridgehead atoms. The predicted molar refractivity (Wildman–Crippen MR) is 109 cm³/mol. The van der Waals surface area contributed by atoms with Gasteiger partial charge in [0.05, 0.1) is 13.2 Å². The lowest BCUT2D eigenvalue weighted by molar-refractivity contribution is -0.143. The monoisotopic (exact) mass is 422 g/mol. The number of aliphatic hydroxyl groups is 1. The number of nitrogens with one attached hydrogen (secondary N) is 3. The Labute approximate surface area is 175 Å². The van der Waals surface area contributed by atoms with Crippen LogP contribution in [0.15, 0.2) is 30.3 Å². The molecule has 0 radical (unpaired) electrons. The van der Waals surface area contributed by atoms with Crippen LogP contribution in [0.5, 0.6) is 0 Å². The van der Waals surface area contributed by atoms with Crippen LogP contribution < -0.4 is 21.7 Å². The van der Waals surface area contributed by atoms with Gasteiger partial charge in [-0.1, -0.05) is 44.2 Å². The normalized spacial score (nSPS) is 13.8. The first-order valence-electron chi connectivity index (χ1n) is 9.65. The highest BCUT2D eigenvalue weighted by Crippen LogP contribution is 2.08. The van der Waals surface area contributed by atoms with Crippen molar-refractivity contribution in [1.82, 2.24) is 16.0 Å². The second kappa shape index (κ2) is 12.6. The van der Waals surface area contributed by atoms with Crippen molar-refractivity contribution >= 4 is 23.7 Å². The fraction of sp³-hybridized carbons (Fsp3) is 0.500. The maximum Gasteiger partial charge on any atom is 0.328 e. The Morgan fingerprint density at radius 2 is 1.50 bits per heavy atom. The van der Waals surface area contributed by atoms with Gasteiger partial charge in [-0.2, -0.15) is 0 Å². The van der Waals surface area contributed by atoms with E-state index in [9.17, 15) is 24.3 Å². The highest BCUT2D eigenvalue weighted by Gasteiger charge is 2.29. The molecule has 7 N–H and O–H groups in total. The highest BCUT2D eigenvalue weighted by atomic mass is 16.4. The third-order valence-electron chi connectivity index (χ3n) is 4.26. The molecule has 0 saturated carbocycles. The molecule has 1 aromatic carbocycles. The van der Waals surface area contributed by atoms with Crippen molar-refractivity contribution in [3.8, 4) is 0 Å². The van der Waals surface area contributed by atoms with Gasteiger partial charge in [-0.05, 0) is 17.9 Å². The summed E-state index contributed by atoms with van der Waals surface area (Å²) in [6.07, 6.45) is 0.418. The summed E-state index contributed by atoms with van der Waals surface area (Å²) in [7, 11) is 0. The van der Waals surface area contributed by atoms with Gasteiger partial charge in [0.2, 0.25) is 17.7 Å². The summed E-state index contributed by atoms with van der Waals surface area (Å²) in [5.74, 6) is -3.18. The van der Waals surface area contributed by atoms with Crippen molar-refractivity contribution < 1.29 is 29.4 Å². The first-order valence-corrected chi connectivity index (χ1v) is 9.65. The molecule has 1 aromatic rings. The Bertz CT molecular complexity index is 725. The summed E-state index contributed by atoms with van der Waals surface area (Å²) in [4.78, 5) is 48.3. The molecular formula is C20H30N4O6. The lowest BCUT2D eigenvalue weighted by Gasteiger charge is -2.25. The van der Waals surface area contributed by atoms with Crippen LogP contribution in [0.4, 0.5) is 0 Å². The average molecular weight is 422 g/mol. The molecule has 0 heterocycles. The van der Waals surface area contributed by atoms with E-state index in [1.165, 1.54) is 0 Å². The summed E-state index contributed by atoms with van der Waals surface area (Å²) in [5, 5.41) is 25.6. The van der Waals surface area contributed by atoms with Crippen LogP contribution in [0.2, 0.25) is 0 Å². The second-order valence-corrected chi connectivity index (χ2v) is 7.29. The molecule has 10 nitrogen and oxygen atoms in total. The van der Waals surface area contributed by atoms with Crippen LogP contribution in [0, 0.1) is 5.92 Å². The van der Waals surface area contributed by atoms with Crippen LogP contribution in [-0.2, 0) is 25.6 Å². The molecule has 3 atom stereocenters. The van der Waals surface area contributed by atoms with Gasteiger partial charge < -0.3 is 31.9 Å². The minimum Gasteiger partial charge on any atom is -0.480 e. The molecule has 0 aliphatic carbocycles. The van der Waals surface area contributed by atoms with E-state index in [0.717, 1.165) is 5.56 Å². The standard InChI is InChI=1S/C20H30N4O6/c1-12(2)8-14(22-17(26)10-21)18(27)23-15(9-13-6-4-3-5-7-13)19(28)24-16(11-25)20(29)30/h3-7,12,14-16,25H,8-11,21H2,1-2H3,(H,22,26)(H,23,27)(H,24,28)(H,29,30). The molecule has 3 unspecified atom stereocenters. The minimum atomic E-state index is -1.50. The number of benzene rings is 1. The largest absolute Gasteiger partial charge is 0.480 e. The smallest absolute Gasteiger partial charge is 0.328 e. The van der Waals surface area contributed by atoms with Gasteiger partial charge in [0, 0.05) is 6.42 Å². The molecule has 0 fully saturated rings. The number of carbonyl (C=O) groups excluding carboxylic acids is 3. The summed E-state index contributed by atoms with van der Waals surface area (Å²) >= 11 is 0. The number of carboxylic acid groups (broad SMARTS) is 1. The number of aliphatic hydroxyl groups excluding tert-OH is 1. The fourth-order valence-electron chi connectivity index (χ4n) is 2.75. The Hall–Kier alpha value is -2.98. The molecule has 0 aliphatic heterocycles. The number of aliphatic carboxylic acids is 1. The topological polar surface area (TPSA) is 171 Å². The van der Waals surface area contributed by atoms with Gasteiger partial charge in [-0.15, -0.1) is 0 Å². The number of amides is 3. The Morgan fingerprint density at radius 1 is 0.933 bits per heavy atom. The maximum atomic E-state index is 12.8. The van der Waals surface area contributed by atoms with Crippen LogP contribution in [-0.4, -0.2) is 65.2 Å². The van der Waals surface area contributed by atoms with Gasteiger partial charge in [0.25, 0.3) is 0 Å². The van der Waals surface area contributed by atoms with E-state index in [1.54, 1.807) is 30.3 Å². The molecule has 0 spiro atoms. The van der Waals surface area contributed by atoms with Gasteiger partial charge >= 0.3 is 5.97 Å². The number of nitrogens with two attached hydrogens (primary N) is 1. The van der Waals surface area contributed by atoms with Gasteiger partial charge in [-0.3, -0.25) is 14.4 Å². The lowest BCUT2D eigenvalue weighted by Crippen LogP contribution is -2.57. The summed E-state index contributed by atoms with van der Waals surface area (Å²) in [5.41, 5.74) is 6.05. The Kier molecular flexibility index (Phi) is 10.5. The molecule has 10 heteroatoms. The zero-order valence-electron chi connectivity index (χ0n) is 17.1. The van der Waals surface area contributed by atoms with Crippen molar-refractivity contribution in [3.63, 3.8) is 0 Å². The van der Waals surface area contributed by atoms with E-state index >= 15 is 0 Å². The van der Waals surface area contributed by atoms with Crippen molar-refractivity contribution in [3.05, 3.63) is 35.9 Å². The number of carbonyl (C=O) groups is 4. The molecule has 1 rings (SSSR count). The number of hydrogen-bond acceptors (Lipinski definition) is 6. The molecular weight excluding hydrogens is 392 g/mol. The third kappa shape index (κ3) is 8.58. The second-order valence-electron chi connectivity index (χ2n) is 7.29. The molecule has 3 amide bonds. The Balaban J connectivity index is 3.03. The zero-order valence-corrected chi connectivity index (χ0v) is 17.1. The van der Waals surface area contributed by atoms with Crippen LogP contribution >= 0.6 is 0 Å². The first kappa shape index (κ1) is 25.1. The van der Waals surface area contributed by atoms with Gasteiger partial charge in [-0.25, -0.2) is 4.79 Å². The van der Waals surface area contributed by atoms with Crippen LogP contribution in [0.3, 0.4) is 0 Å². The van der Waals surface area contributed by atoms with E-state index in [2.05, 4.69) is 16.0 Å². The average Bonchev–Trinajstić information content (AvgIpc) is 2.70. The third-order valence-corrected chi connectivity index (χ3v) is 4.26. The quantitative estimate of drug-likeness (QED) is 0.245. The lowest BCUT2D eigenvalue weighted by atomic mass is 10.0.